The lowest BCUT2D eigenvalue weighted by Crippen LogP contribution is -2.38. The van der Waals surface area contributed by atoms with E-state index in [2.05, 4.69) is 12.2 Å². The molecule has 0 bridgehead atoms. The van der Waals surface area contributed by atoms with Crippen LogP contribution in [0.3, 0.4) is 0 Å². The second-order valence-corrected chi connectivity index (χ2v) is 4.26. The second kappa shape index (κ2) is 3.75. The van der Waals surface area contributed by atoms with Crippen LogP contribution in [0, 0.1) is 11.8 Å². The van der Waals surface area contributed by atoms with E-state index in [9.17, 15) is 0 Å². The highest BCUT2D eigenvalue weighted by atomic mass is 16.5. The van der Waals surface area contributed by atoms with Crippen molar-refractivity contribution in [1.82, 2.24) is 5.32 Å². The lowest BCUT2D eigenvalue weighted by atomic mass is 9.82. The van der Waals surface area contributed by atoms with Gasteiger partial charge in [0.15, 0.2) is 0 Å². The van der Waals surface area contributed by atoms with Crippen molar-refractivity contribution < 1.29 is 4.74 Å². The lowest BCUT2D eigenvalue weighted by molar-refractivity contribution is 0.156. The molecular weight excluding hydrogens is 150 g/mol. The molecule has 12 heavy (non-hydrogen) atoms. The summed E-state index contributed by atoms with van der Waals surface area (Å²) in [5, 5.41) is 3.49. The summed E-state index contributed by atoms with van der Waals surface area (Å²) in [5.41, 5.74) is 0. The second-order valence-electron chi connectivity index (χ2n) is 4.26. The first-order valence-corrected chi connectivity index (χ1v) is 5.17. The maximum atomic E-state index is 5.43. The molecule has 0 radical (unpaired) electrons. The Balaban J connectivity index is 1.85. The van der Waals surface area contributed by atoms with Gasteiger partial charge in [0.05, 0.1) is 0 Å². The molecule has 0 saturated carbocycles. The van der Waals surface area contributed by atoms with Crippen LogP contribution < -0.4 is 5.32 Å². The van der Waals surface area contributed by atoms with E-state index >= 15 is 0 Å². The molecule has 2 nitrogen and oxygen atoms in total. The monoisotopic (exact) mass is 169 g/mol. The van der Waals surface area contributed by atoms with Crippen molar-refractivity contribution in [3.8, 4) is 0 Å². The third-order valence-corrected chi connectivity index (χ3v) is 3.30. The van der Waals surface area contributed by atoms with Crippen LogP contribution in [0.15, 0.2) is 0 Å². The smallest absolute Gasteiger partial charge is 0.0497 e. The van der Waals surface area contributed by atoms with Gasteiger partial charge in [-0.1, -0.05) is 0 Å². The number of rotatable bonds is 1. The van der Waals surface area contributed by atoms with E-state index < -0.39 is 0 Å². The lowest BCUT2D eigenvalue weighted by Gasteiger charge is -2.31. The largest absolute Gasteiger partial charge is 0.381 e. The molecule has 0 aromatic heterocycles. The van der Waals surface area contributed by atoms with E-state index in [-0.39, 0.29) is 0 Å². The molecule has 0 aromatic rings. The Morgan fingerprint density at radius 1 is 1.25 bits per heavy atom. The van der Waals surface area contributed by atoms with Crippen molar-refractivity contribution >= 4 is 0 Å². The van der Waals surface area contributed by atoms with Crippen LogP contribution in [-0.4, -0.2) is 25.8 Å². The molecule has 0 aromatic carbocycles. The Morgan fingerprint density at radius 3 is 2.83 bits per heavy atom. The van der Waals surface area contributed by atoms with Crippen molar-refractivity contribution in [2.24, 2.45) is 11.8 Å². The van der Waals surface area contributed by atoms with Crippen LogP contribution in [0.2, 0.25) is 0 Å². The Kier molecular flexibility index (Phi) is 2.66. The first kappa shape index (κ1) is 8.52. The molecule has 2 heterocycles. The van der Waals surface area contributed by atoms with Crippen molar-refractivity contribution in [3.63, 3.8) is 0 Å². The van der Waals surface area contributed by atoms with Crippen LogP contribution in [0.5, 0.6) is 0 Å². The number of piperidine rings is 1. The highest BCUT2D eigenvalue weighted by Crippen LogP contribution is 2.30. The van der Waals surface area contributed by atoms with E-state index in [0.29, 0.717) is 0 Å². The maximum Gasteiger partial charge on any atom is 0.0497 e. The molecular formula is C10H19NO. The molecule has 2 fully saturated rings. The molecule has 0 spiro atoms. The molecule has 2 heteroatoms. The summed E-state index contributed by atoms with van der Waals surface area (Å²) in [7, 11) is 0. The fourth-order valence-electron chi connectivity index (χ4n) is 2.52. The minimum absolute atomic E-state index is 0.726. The Hall–Kier alpha value is -0.0800. The first-order valence-electron chi connectivity index (χ1n) is 5.17. The first-order chi connectivity index (χ1) is 5.86. The van der Waals surface area contributed by atoms with Gasteiger partial charge in [-0.15, -0.1) is 0 Å². The van der Waals surface area contributed by atoms with Gasteiger partial charge in [0.1, 0.15) is 0 Å². The number of nitrogens with one attached hydrogen (secondary N) is 1. The minimum Gasteiger partial charge on any atom is -0.381 e. The summed E-state index contributed by atoms with van der Waals surface area (Å²) in [4.78, 5) is 0. The molecule has 70 valence electrons. The molecule has 2 saturated heterocycles. The van der Waals surface area contributed by atoms with Crippen LogP contribution in [0.4, 0.5) is 0 Å². The molecule has 1 N–H and O–H groups in total. The number of hydrogen-bond acceptors (Lipinski definition) is 2. The molecule has 2 aliphatic rings. The van der Waals surface area contributed by atoms with Gasteiger partial charge in [0.25, 0.3) is 0 Å². The minimum atomic E-state index is 0.726. The highest BCUT2D eigenvalue weighted by Gasteiger charge is 2.28. The zero-order chi connectivity index (χ0) is 8.39. The SMILES string of the molecule is CC1CC(C2CCOC2)CCN1. The Bertz CT molecular complexity index is 143. The predicted octanol–water partition coefficient (Wildman–Crippen LogP) is 1.41. The summed E-state index contributed by atoms with van der Waals surface area (Å²) in [6.45, 7) is 5.53. The predicted molar refractivity (Wildman–Crippen MR) is 49.1 cm³/mol. The summed E-state index contributed by atoms with van der Waals surface area (Å²) in [6.07, 6.45) is 4.02. The molecule has 0 amide bonds. The van der Waals surface area contributed by atoms with Crippen LogP contribution in [0.25, 0.3) is 0 Å². The van der Waals surface area contributed by atoms with Gasteiger partial charge in [-0.25, -0.2) is 0 Å². The van der Waals surface area contributed by atoms with E-state index in [4.69, 9.17) is 4.74 Å². The third kappa shape index (κ3) is 1.80. The van der Waals surface area contributed by atoms with Crippen molar-refractivity contribution in [2.75, 3.05) is 19.8 Å². The fraction of sp³-hybridized carbons (Fsp3) is 1.00. The van der Waals surface area contributed by atoms with E-state index in [1.165, 1.54) is 25.8 Å². The molecule has 3 atom stereocenters. The zero-order valence-corrected chi connectivity index (χ0v) is 7.88. The Morgan fingerprint density at radius 2 is 2.17 bits per heavy atom. The van der Waals surface area contributed by atoms with Crippen LogP contribution >= 0.6 is 0 Å². The standard InChI is InChI=1S/C10H19NO/c1-8-6-9(2-4-11-8)10-3-5-12-7-10/h8-11H,2-7H2,1H3. The van der Waals surface area contributed by atoms with Gasteiger partial charge in [0, 0.05) is 19.3 Å². The van der Waals surface area contributed by atoms with Gasteiger partial charge in [-0.05, 0) is 44.6 Å². The van der Waals surface area contributed by atoms with Crippen molar-refractivity contribution in [3.05, 3.63) is 0 Å². The normalized spacial score (nSPS) is 43.2. The summed E-state index contributed by atoms with van der Waals surface area (Å²) < 4.78 is 5.43. The van der Waals surface area contributed by atoms with Gasteiger partial charge in [-0.3, -0.25) is 0 Å². The molecule has 3 unspecified atom stereocenters. The van der Waals surface area contributed by atoms with E-state index in [0.717, 1.165) is 31.1 Å². The molecule has 0 aliphatic carbocycles. The zero-order valence-electron chi connectivity index (χ0n) is 7.88. The maximum absolute atomic E-state index is 5.43. The van der Waals surface area contributed by atoms with Crippen LogP contribution in [0.1, 0.15) is 26.2 Å². The Labute approximate surface area is 74.7 Å². The van der Waals surface area contributed by atoms with E-state index in [1.54, 1.807) is 0 Å². The fourth-order valence-corrected chi connectivity index (χ4v) is 2.52. The molecule has 2 aliphatic heterocycles. The average molecular weight is 169 g/mol. The van der Waals surface area contributed by atoms with Gasteiger partial charge < -0.3 is 10.1 Å². The van der Waals surface area contributed by atoms with Crippen molar-refractivity contribution in [2.45, 2.75) is 32.2 Å². The summed E-state index contributed by atoms with van der Waals surface area (Å²) in [5.74, 6) is 1.80. The topological polar surface area (TPSA) is 21.3 Å². The quantitative estimate of drug-likeness (QED) is 0.641. The van der Waals surface area contributed by atoms with Gasteiger partial charge in [-0.2, -0.15) is 0 Å². The molecule has 2 rings (SSSR count). The van der Waals surface area contributed by atoms with Gasteiger partial charge in [0.2, 0.25) is 0 Å². The number of ether oxygens (including phenoxy) is 1. The summed E-state index contributed by atoms with van der Waals surface area (Å²) >= 11 is 0. The van der Waals surface area contributed by atoms with Crippen LogP contribution in [-0.2, 0) is 4.74 Å². The van der Waals surface area contributed by atoms with Crippen molar-refractivity contribution in [1.29, 1.82) is 0 Å². The van der Waals surface area contributed by atoms with Gasteiger partial charge >= 0.3 is 0 Å². The summed E-state index contributed by atoms with van der Waals surface area (Å²) in [6, 6.07) is 0.726. The number of hydrogen-bond donors (Lipinski definition) is 1. The highest BCUT2D eigenvalue weighted by molar-refractivity contribution is 4.81. The third-order valence-electron chi connectivity index (χ3n) is 3.30. The average Bonchev–Trinajstić information content (AvgIpc) is 2.56. The van der Waals surface area contributed by atoms with E-state index in [1.807, 2.05) is 0 Å².